The topological polar surface area (TPSA) is 47.4 Å². The number of hydrogen-bond acceptors (Lipinski definition) is 0. The lowest BCUT2D eigenvalue weighted by molar-refractivity contribution is 0.625. The summed E-state index contributed by atoms with van der Waals surface area (Å²) in [5, 5.41) is 3.94. The Labute approximate surface area is 181 Å². The van der Waals surface area contributed by atoms with E-state index >= 15 is 0 Å². The Morgan fingerprint density at radius 2 is 0.935 bits per heavy atom. The van der Waals surface area contributed by atoms with Gasteiger partial charge in [-0.05, 0) is 47.2 Å². The second kappa shape index (κ2) is 7.21. The van der Waals surface area contributed by atoms with Gasteiger partial charge in [0.1, 0.15) is 0 Å². The fraction of sp³-hybridized carbons (Fsp3) is 0.143. The standard InChI is InChI=1S/C28H25N3/c1-18(23-15-29-26-11-5-2-8-19(23)26)14-22(24-16-30-27-12-6-3-9-20(24)27)25-17-31-28-13-7-4-10-21(25)28/h2-13,15-18,22,29-31H,14H2,1H3/t18-/m1/s1. The molecule has 1 atom stereocenters. The minimum atomic E-state index is 0.288. The molecule has 31 heavy (non-hydrogen) atoms. The SMILES string of the molecule is C[C@H](CC(c1c[nH]c2ccccc12)c1c[nH]c2ccccc12)c1c[nH]c2ccccc12. The van der Waals surface area contributed by atoms with Gasteiger partial charge in [-0.15, -0.1) is 0 Å². The fourth-order valence-electron chi connectivity index (χ4n) is 5.17. The highest BCUT2D eigenvalue weighted by molar-refractivity contribution is 5.88. The van der Waals surface area contributed by atoms with Crippen LogP contribution in [0.1, 0.15) is 41.9 Å². The quantitative estimate of drug-likeness (QED) is 0.268. The maximum atomic E-state index is 3.50. The first-order chi connectivity index (χ1) is 15.3. The van der Waals surface area contributed by atoms with Gasteiger partial charge in [-0.25, -0.2) is 0 Å². The molecule has 0 unspecified atom stereocenters. The zero-order valence-corrected chi connectivity index (χ0v) is 17.5. The number of para-hydroxylation sites is 3. The molecule has 3 aromatic carbocycles. The molecule has 0 aliphatic carbocycles. The lowest BCUT2D eigenvalue weighted by Crippen LogP contribution is -2.05. The Kier molecular flexibility index (Phi) is 4.20. The zero-order valence-electron chi connectivity index (χ0n) is 17.5. The van der Waals surface area contributed by atoms with Gasteiger partial charge in [0.15, 0.2) is 0 Å². The minimum Gasteiger partial charge on any atom is -0.361 e. The summed E-state index contributed by atoms with van der Waals surface area (Å²) >= 11 is 0. The highest BCUT2D eigenvalue weighted by atomic mass is 14.7. The van der Waals surface area contributed by atoms with Crippen molar-refractivity contribution in [2.75, 3.05) is 0 Å². The average Bonchev–Trinajstić information content (AvgIpc) is 3.54. The number of aromatic amines is 3. The molecule has 3 nitrogen and oxygen atoms in total. The Bertz CT molecular complexity index is 1420. The molecule has 0 amide bonds. The van der Waals surface area contributed by atoms with E-state index in [4.69, 9.17) is 0 Å². The van der Waals surface area contributed by atoms with Gasteiger partial charge in [0.05, 0.1) is 0 Å². The molecule has 3 aromatic heterocycles. The number of nitrogens with one attached hydrogen (secondary N) is 3. The largest absolute Gasteiger partial charge is 0.361 e. The number of benzene rings is 3. The Morgan fingerprint density at radius 3 is 1.42 bits per heavy atom. The van der Waals surface area contributed by atoms with Gasteiger partial charge in [0.2, 0.25) is 0 Å². The number of aromatic nitrogens is 3. The maximum absolute atomic E-state index is 3.50. The van der Waals surface area contributed by atoms with Crippen LogP contribution >= 0.6 is 0 Å². The third kappa shape index (κ3) is 2.97. The highest BCUT2D eigenvalue weighted by Crippen LogP contribution is 2.41. The summed E-state index contributed by atoms with van der Waals surface area (Å²) in [6, 6.07) is 25.9. The fourth-order valence-corrected chi connectivity index (χ4v) is 5.17. The van der Waals surface area contributed by atoms with Crippen molar-refractivity contribution < 1.29 is 0 Å². The van der Waals surface area contributed by atoms with Crippen LogP contribution in [-0.4, -0.2) is 15.0 Å². The first-order valence-corrected chi connectivity index (χ1v) is 11.0. The van der Waals surface area contributed by atoms with Crippen molar-refractivity contribution in [2.45, 2.75) is 25.2 Å². The van der Waals surface area contributed by atoms with Crippen molar-refractivity contribution >= 4 is 32.7 Å². The third-order valence-corrected chi connectivity index (χ3v) is 6.73. The first-order valence-electron chi connectivity index (χ1n) is 11.0. The summed E-state index contributed by atoms with van der Waals surface area (Å²) in [6.45, 7) is 2.35. The molecule has 3 heterocycles. The van der Waals surface area contributed by atoms with E-state index in [1.54, 1.807) is 0 Å². The Morgan fingerprint density at radius 1 is 0.548 bits per heavy atom. The van der Waals surface area contributed by atoms with E-state index in [2.05, 4.69) is 113 Å². The van der Waals surface area contributed by atoms with E-state index in [-0.39, 0.29) is 5.92 Å². The van der Waals surface area contributed by atoms with E-state index in [0.717, 1.165) is 6.42 Å². The van der Waals surface area contributed by atoms with Crippen LogP contribution < -0.4 is 0 Å². The Hall–Kier alpha value is -3.72. The van der Waals surface area contributed by atoms with Crippen LogP contribution in [0, 0.1) is 0 Å². The molecule has 3 heteroatoms. The summed E-state index contributed by atoms with van der Waals surface area (Å²) in [5.74, 6) is 0.694. The number of hydrogen-bond donors (Lipinski definition) is 3. The second-order valence-electron chi connectivity index (χ2n) is 8.56. The van der Waals surface area contributed by atoms with Gasteiger partial charge in [-0.1, -0.05) is 61.5 Å². The molecule has 0 aliphatic rings. The van der Waals surface area contributed by atoms with E-state index in [9.17, 15) is 0 Å². The molecule has 0 saturated heterocycles. The van der Waals surface area contributed by atoms with Gasteiger partial charge in [0, 0.05) is 57.2 Å². The van der Waals surface area contributed by atoms with Gasteiger partial charge in [-0.3, -0.25) is 0 Å². The van der Waals surface area contributed by atoms with Gasteiger partial charge in [-0.2, -0.15) is 0 Å². The predicted octanol–water partition coefficient (Wildman–Crippen LogP) is 7.46. The van der Waals surface area contributed by atoms with Gasteiger partial charge >= 0.3 is 0 Å². The molecule has 0 bridgehead atoms. The summed E-state index contributed by atoms with van der Waals surface area (Å²) in [5.41, 5.74) is 7.73. The predicted molar refractivity (Wildman–Crippen MR) is 130 cm³/mol. The van der Waals surface area contributed by atoms with Crippen molar-refractivity contribution in [2.24, 2.45) is 0 Å². The second-order valence-corrected chi connectivity index (χ2v) is 8.56. The normalized spacial score (nSPS) is 13.0. The van der Waals surface area contributed by atoms with Crippen molar-refractivity contribution in [3.8, 4) is 0 Å². The molecular formula is C28H25N3. The molecule has 152 valence electrons. The highest BCUT2D eigenvalue weighted by Gasteiger charge is 2.25. The maximum Gasteiger partial charge on any atom is 0.0457 e. The smallest absolute Gasteiger partial charge is 0.0457 e. The van der Waals surface area contributed by atoms with Crippen molar-refractivity contribution in [3.05, 3.63) is 108 Å². The first kappa shape index (κ1) is 18.1. The van der Waals surface area contributed by atoms with Crippen LogP contribution in [0.5, 0.6) is 0 Å². The molecular weight excluding hydrogens is 378 g/mol. The van der Waals surface area contributed by atoms with Gasteiger partial charge in [0.25, 0.3) is 0 Å². The summed E-state index contributed by atoms with van der Waals surface area (Å²) in [4.78, 5) is 10.5. The molecule has 0 fully saturated rings. The van der Waals surface area contributed by atoms with Crippen molar-refractivity contribution in [1.82, 2.24) is 15.0 Å². The van der Waals surface area contributed by atoms with Crippen LogP contribution in [0.4, 0.5) is 0 Å². The van der Waals surface area contributed by atoms with Crippen molar-refractivity contribution in [1.29, 1.82) is 0 Å². The lowest BCUT2D eigenvalue weighted by atomic mass is 9.81. The van der Waals surface area contributed by atoms with E-state index in [1.807, 2.05) is 0 Å². The van der Waals surface area contributed by atoms with Crippen LogP contribution in [0.2, 0.25) is 0 Å². The third-order valence-electron chi connectivity index (χ3n) is 6.73. The molecule has 6 aromatic rings. The van der Waals surface area contributed by atoms with Crippen LogP contribution in [0.25, 0.3) is 32.7 Å². The number of H-pyrrole nitrogens is 3. The van der Waals surface area contributed by atoms with Crippen LogP contribution in [0.3, 0.4) is 0 Å². The lowest BCUT2D eigenvalue weighted by Gasteiger charge is -2.21. The molecule has 0 saturated carbocycles. The zero-order chi connectivity index (χ0) is 20.8. The monoisotopic (exact) mass is 403 g/mol. The molecule has 3 N–H and O–H groups in total. The molecule has 0 spiro atoms. The summed E-state index contributed by atoms with van der Waals surface area (Å²) < 4.78 is 0. The minimum absolute atomic E-state index is 0.288. The molecule has 0 radical (unpaired) electrons. The van der Waals surface area contributed by atoms with E-state index < -0.39 is 0 Å². The number of fused-ring (bicyclic) bond motifs is 3. The average molecular weight is 404 g/mol. The molecule has 0 aliphatic heterocycles. The summed E-state index contributed by atoms with van der Waals surface area (Å²) in [7, 11) is 0. The van der Waals surface area contributed by atoms with Crippen LogP contribution in [0.15, 0.2) is 91.4 Å². The van der Waals surface area contributed by atoms with E-state index in [0.29, 0.717) is 5.92 Å². The van der Waals surface area contributed by atoms with Crippen molar-refractivity contribution in [3.63, 3.8) is 0 Å². The van der Waals surface area contributed by atoms with E-state index in [1.165, 1.54) is 49.4 Å². The van der Waals surface area contributed by atoms with Gasteiger partial charge < -0.3 is 15.0 Å². The Balaban J connectivity index is 1.49. The molecule has 6 rings (SSSR count). The van der Waals surface area contributed by atoms with Crippen LogP contribution in [-0.2, 0) is 0 Å². The number of rotatable bonds is 5. The summed E-state index contributed by atoms with van der Waals surface area (Å²) in [6.07, 6.45) is 7.64.